The van der Waals surface area contributed by atoms with Gasteiger partial charge in [-0.05, 0) is 55.4 Å². The second-order valence-electron chi connectivity index (χ2n) is 9.79. The normalized spacial score (nSPS) is 19.6. The molecule has 7 heteroatoms. The van der Waals surface area contributed by atoms with Crippen molar-refractivity contribution < 1.29 is 19.1 Å². The molecule has 35 heavy (non-hydrogen) atoms. The third kappa shape index (κ3) is 5.35. The van der Waals surface area contributed by atoms with Gasteiger partial charge in [-0.15, -0.1) is 0 Å². The Morgan fingerprint density at radius 2 is 1.94 bits per heavy atom. The van der Waals surface area contributed by atoms with E-state index < -0.39 is 0 Å². The highest BCUT2D eigenvalue weighted by atomic mass is 16.5. The van der Waals surface area contributed by atoms with Gasteiger partial charge in [-0.1, -0.05) is 30.3 Å². The molecule has 0 saturated carbocycles. The molecule has 1 spiro atoms. The van der Waals surface area contributed by atoms with Crippen molar-refractivity contribution >= 4 is 22.7 Å². The molecule has 0 bridgehead atoms. The number of piperidine rings is 1. The summed E-state index contributed by atoms with van der Waals surface area (Å²) in [6, 6.07) is 17.6. The van der Waals surface area contributed by atoms with E-state index >= 15 is 0 Å². The third-order valence-electron chi connectivity index (χ3n) is 7.42. The summed E-state index contributed by atoms with van der Waals surface area (Å²) in [5.74, 6) is 1.18. The number of likely N-dealkylation sites (tertiary alicyclic amines) is 1. The number of ether oxygens (including phenoxy) is 2. The lowest BCUT2D eigenvalue weighted by Gasteiger charge is -2.46. The van der Waals surface area contributed by atoms with E-state index in [-0.39, 0.29) is 17.4 Å². The topological polar surface area (TPSA) is 83.7 Å². The number of methoxy groups -OCH3 is 1. The van der Waals surface area contributed by atoms with E-state index in [4.69, 9.17) is 9.47 Å². The Hall–Kier alpha value is -3.32. The molecule has 3 heterocycles. The summed E-state index contributed by atoms with van der Waals surface area (Å²) >= 11 is 0. The number of nitrogens with one attached hydrogen (secondary N) is 2. The lowest BCUT2D eigenvalue weighted by atomic mass is 9.78. The van der Waals surface area contributed by atoms with Crippen LogP contribution in [0.5, 0.6) is 5.75 Å². The van der Waals surface area contributed by atoms with E-state index in [0.29, 0.717) is 44.3 Å². The Labute approximate surface area is 205 Å². The largest absolute Gasteiger partial charge is 0.497 e. The highest BCUT2D eigenvalue weighted by Gasteiger charge is 2.41. The van der Waals surface area contributed by atoms with E-state index in [1.807, 2.05) is 59.5 Å². The van der Waals surface area contributed by atoms with Crippen LogP contribution in [0.3, 0.4) is 0 Å². The van der Waals surface area contributed by atoms with Crippen LogP contribution in [0, 0.1) is 5.92 Å². The van der Waals surface area contributed by atoms with Crippen LogP contribution in [0.1, 0.15) is 48.2 Å². The van der Waals surface area contributed by atoms with Crippen molar-refractivity contribution in [1.29, 1.82) is 0 Å². The van der Waals surface area contributed by atoms with Gasteiger partial charge in [0.1, 0.15) is 11.4 Å². The molecular weight excluding hydrogens is 442 g/mol. The fraction of sp³-hybridized carbons (Fsp3) is 0.429. The zero-order chi connectivity index (χ0) is 24.3. The van der Waals surface area contributed by atoms with Gasteiger partial charge in [-0.3, -0.25) is 9.59 Å². The van der Waals surface area contributed by atoms with Crippen LogP contribution in [0.15, 0.2) is 54.6 Å². The smallest absolute Gasteiger partial charge is 0.270 e. The van der Waals surface area contributed by atoms with Crippen molar-refractivity contribution in [3.05, 3.63) is 65.9 Å². The van der Waals surface area contributed by atoms with Gasteiger partial charge in [0.25, 0.3) is 5.91 Å². The van der Waals surface area contributed by atoms with Gasteiger partial charge in [-0.25, -0.2) is 0 Å². The summed E-state index contributed by atoms with van der Waals surface area (Å²) < 4.78 is 11.5. The fourth-order valence-electron chi connectivity index (χ4n) is 5.42. The molecule has 2 aliphatic heterocycles. The number of hydrogen-bond acceptors (Lipinski definition) is 4. The zero-order valence-electron chi connectivity index (χ0n) is 20.2. The van der Waals surface area contributed by atoms with E-state index in [0.717, 1.165) is 47.9 Å². The molecule has 5 rings (SSSR count). The maximum atomic E-state index is 13.2. The van der Waals surface area contributed by atoms with E-state index in [1.54, 1.807) is 7.11 Å². The molecule has 7 nitrogen and oxygen atoms in total. The second kappa shape index (κ2) is 10.1. The minimum atomic E-state index is -0.229. The number of H-pyrrole nitrogens is 1. The molecule has 2 saturated heterocycles. The molecule has 1 unspecified atom stereocenters. The van der Waals surface area contributed by atoms with Crippen LogP contribution >= 0.6 is 0 Å². The summed E-state index contributed by atoms with van der Waals surface area (Å²) in [6.45, 7) is 2.55. The molecule has 1 aromatic heterocycles. The molecule has 2 amide bonds. The Morgan fingerprint density at radius 1 is 1.14 bits per heavy atom. The Morgan fingerprint density at radius 3 is 2.71 bits per heavy atom. The first-order valence-electron chi connectivity index (χ1n) is 12.4. The van der Waals surface area contributed by atoms with Crippen molar-refractivity contribution in [2.45, 2.75) is 44.2 Å². The first-order chi connectivity index (χ1) is 17.0. The number of aromatic amines is 1. The molecule has 0 radical (unpaired) electrons. The van der Waals surface area contributed by atoms with E-state index in [1.165, 1.54) is 0 Å². The van der Waals surface area contributed by atoms with Crippen molar-refractivity contribution in [3.8, 4) is 5.75 Å². The molecule has 1 atom stereocenters. The quantitative estimate of drug-likeness (QED) is 0.557. The second-order valence-corrected chi connectivity index (χ2v) is 9.79. The van der Waals surface area contributed by atoms with Crippen LogP contribution in [-0.2, 0) is 16.1 Å². The zero-order valence-corrected chi connectivity index (χ0v) is 20.2. The number of amides is 2. The average molecular weight is 476 g/mol. The molecular formula is C28H33N3O4. The average Bonchev–Trinajstić information content (AvgIpc) is 3.32. The predicted molar refractivity (Wildman–Crippen MR) is 134 cm³/mol. The highest BCUT2D eigenvalue weighted by Crippen LogP contribution is 2.39. The molecule has 184 valence electrons. The number of rotatable bonds is 6. The lowest BCUT2D eigenvalue weighted by Crippen LogP contribution is -2.51. The highest BCUT2D eigenvalue weighted by molar-refractivity contribution is 5.98. The van der Waals surface area contributed by atoms with Gasteiger partial charge in [0, 0.05) is 49.6 Å². The number of fused-ring (bicyclic) bond motifs is 1. The third-order valence-corrected chi connectivity index (χ3v) is 7.42. The summed E-state index contributed by atoms with van der Waals surface area (Å²) in [4.78, 5) is 30.9. The van der Waals surface area contributed by atoms with Gasteiger partial charge < -0.3 is 24.7 Å². The Kier molecular flexibility index (Phi) is 6.77. The van der Waals surface area contributed by atoms with Gasteiger partial charge in [-0.2, -0.15) is 0 Å². The minimum Gasteiger partial charge on any atom is -0.497 e. The maximum Gasteiger partial charge on any atom is 0.270 e. The van der Waals surface area contributed by atoms with Crippen molar-refractivity contribution in [2.24, 2.45) is 5.92 Å². The Bertz CT molecular complexity index is 1180. The summed E-state index contributed by atoms with van der Waals surface area (Å²) in [5, 5.41) is 4.04. The summed E-state index contributed by atoms with van der Waals surface area (Å²) in [7, 11) is 1.63. The minimum absolute atomic E-state index is 0.0164. The van der Waals surface area contributed by atoms with Gasteiger partial charge in [0.2, 0.25) is 5.91 Å². The van der Waals surface area contributed by atoms with Crippen LogP contribution in [0.25, 0.3) is 10.9 Å². The standard InChI is InChI=1S/C28H33N3O4/c1-34-23-8-7-22-16-25(30-24(22)17-23)27(33)31-12-10-28(11-13-31)18-21(9-14-35-28)15-26(32)29-19-20-5-3-2-4-6-20/h2-8,16-17,21,30H,9-15,18-19H2,1H3,(H,29,32). The summed E-state index contributed by atoms with van der Waals surface area (Å²) in [5.41, 5.74) is 2.37. The molecule has 2 N–H and O–H groups in total. The van der Waals surface area contributed by atoms with Crippen molar-refractivity contribution in [2.75, 3.05) is 26.8 Å². The van der Waals surface area contributed by atoms with Crippen molar-refractivity contribution in [3.63, 3.8) is 0 Å². The monoisotopic (exact) mass is 475 g/mol. The van der Waals surface area contributed by atoms with Gasteiger partial charge >= 0.3 is 0 Å². The first kappa shape index (κ1) is 23.4. The first-order valence-corrected chi connectivity index (χ1v) is 12.4. The van der Waals surface area contributed by atoms with Gasteiger partial charge in [0.15, 0.2) is 0 Å². The number of carbonyl (C=O) groups is 2. The van der Waals surface area contributed by atoms with E-state index in [9.17, 15) is 9.59 Å². The summed E-state index contributed by atoms with van der Waals surface area (Å²) in [6.07, 6.45) is 3.91. The molecule has 3 aromatic rings. The van der Waals surface area contributed by atoms with Crippen LogP contribution < -0.4 is 10.1 Å². The van der Waals surface area contributed by atoms with Crippen LogP contribution in [0.2, 0.25) is 0 Å². The molecule has 2 fully saturated rings. The molecule has 2 aromatic carbocycles. The number of hydrogen-bond donors (Lipinski definition) is 2. The Balaban J connectivity index is 1.14. The van der Waals surface area contributed by atoms with Crippen LogP contribution in [-0.4, -0.2) is 54.1 Å². The van der Waals surface area contributed by atoms with Crippen LogP contribution in [0.4, 0.5) is 0 Å². The fourth-order valence-corrected chi connectivity index (χ4v) is 5.42. The number of aromatic nitrogens is 1. The van der Waals surface area contributed by atoms with Crippen molar-refractivity contribution in [1.82, 2.24) is 15.2 Å². The van der Waals surface area contributed by atoms with Gasteiger partial charge in [0.05, 0.1) is 12.7 Å². The number of benzene rings is 2. The number of nitrogens with zero attached hydrogens (tertiary/aromatic N) is 1. The predicted octanol–water partition coefficient (Wildman–Crippen LogP) is 4.28. The SMILES string of the molecule is COc1ccc2cc(C(=O)N3CCC4(CC3)CC(CC(=O)NCc3ccccc3)CCO4)[nH]c2c1. The number of carbonyl (C=O) groups excluding carboxylic acids is 2. The molecule has 0 aliphatic carbocycles. The molecule has 2 aliphatic rings. The maximum absolute atomic E-state index is 13.2. The lowest BCUT2D eigenvalue weighted by molar-refractivity contribution is -0.134. The van der Waals surface area contributed by atoms with E-state index in [2.05, 4.69) is 10.3 Å².